The van der Waals surface area contributed by atoms with Crippen LogP contribution in [0.1, 0.15) is 59.8 Å². The van der Waals surface area contributed by atoms with Gasteiger partial charge in [-0.05, 0) is 37.9 Å². The number of thiol groups is 1. The Hall–Kier alpha value is -0.200. The van der Waals surface area contributed by atoms with Crippen molar-refractivity contribution in [2.45, 2.75) is 65.8 Å². The third-order valence-corrected chi connectivity index (χ3v) is 4.35. The summed E-state index contributed by atoms with van der Waals surface area (Å²) in [7, 11) is 0. The standard InChI is InChI=1S/C15H30N2S/c1-5-8-15(13-18,9-6-2)12-17(14(3)4)11-7-10-16/h14,18H,5-9,11-13H2,1-4H3. The fourth-order valence-electron chi connectivity index (χ4n) is 2.70. The van der Waals surface area contributed by atoms with E-state index in [4.69, 9.17) is 5.26 Å². The Labute approximate surface area is 119 Å². The van der Waals surface area contributed by atoms with Gasteiger partial charge in [0.15, 0.2) is 0 Å². The van der Waals surface area contributed by atoms with Crippen molar-refractivity contribution in [3.8, 4) is 6.07 Å². The topological polar surface area (TPSA) is 27.0 Å². The molecule has 0 spiro atoms. The maximum Gasteiger partial charge on any atom is 0.0635 e. The van der Waals surface area contributed by atoms with Gasteiger partial charge in [0.2, 0.25) is 0 Å². The summed E-state index contributed by atoms with van der Waals surface area (Å²) in [6.07, 6.45) is 5.52. The molecule has 18 heavy (non-hydrogen) atoms. The zero-order valence-electron chi connectivity index (χ0n) is 12.6. The van der Waals surface area contributed by atoms with Crippen LogP contribution in [0.2, 0.25) is 0 Å². The molecule has 0 aliphatic carbocycles. The van der Waals surface area contributed by atoms with E-state index in [-0.39, 0.29) is 0 Å². The predicted molar refractivity (Wildman–Crippen MR) is 83.0 cm³/mol. The number of hydrogen-bond donors (Lipinski definition) is 1. The summed E-state index contributed by atoms with van der Waals surface area (Å²) in [5.41, 5.74) is 0.326. The molecule has 106 valence electrons. The second-order valence-electron chi connectivity index (χ2n) is 5.63. The van der Waals surface area contributed by atoms with Gasteiger partial charge in [-0.15, -0.1) is 0 Å². The van der Waals surface area contributed by atoms with Gasteiger partial charge in [0.1, 0.15) is 0 Å². The Bertz CT molecular complexity index is 239. The highest BCUT2D eigenvalue weighted by Gasteiger charge is 2.30. The number of nitrogens with zero attached hydrogens (tertiary/aromatic N) is 2. The molecule has 0 unspecified atom stereocenters. The van der Waals surface area contributed by atoms with Gasteiger partial charge in [-0.2, -0.15) is 17.9 Å². The lowest BCUT2D eigenvalue weighted by molar-refractivity contribution is 0.122. The molecule has 0 radical (unpaired) electrons. The van der Waals surface area contributed by atoms with Crippen molar-refractivity contribution in [2.75, 3.05) is 18.8 Å². The molecule has 0 saturated heterocycles. The minimum Gasteiger partial charge on any atom is -0.299 e. The van der Waals surface area contributed by atoms with E-state index < -0.39 is 0 Å². The van der Waals surface area contributed by atoms with Crippen LogP contribution in [0.5, 0.6) is 0 Å². The first-order chi connectivity index (χ1) is 8.55. The zero-order chi connectivity index (χ0) is 14.0. The fraction of sp³-hybridized carbons (Fsp3) is 0.933. The predicted octanol–water partition coefficient (Wildman–Crippen LogP) is 4.13. The van der Waals surface area contributed by atoms with Crippen molar-refractivity contribution in [1.82, 2.24) is 4.90 Å². The molecule has 0 amide bonds. The molecule has 2 nitrogen and oxygen atoms in total. The SMILES string of the molecule is CCCC(CS)(CCC)CN(CCC#N)C(C)C. The van der Waals surface area contributed by atoms with Gasteiger partial charge >= 0.3 is 0 Å². The molecule has 0 aromatic rings. The maximum atomic E-state index is 8.77. The smallest absolute Gasteiger partial charge is 0.0635 e. The Balaban J connectivity index is 4.72. The first-order valence-corrected chi connectivity index (χ1v) is 7.90. The van der Waals surface area contributed by atoms with Gasteiger partial charge < -0.3 is 0 Å². The Morgan fingerprint density at radius 3 is 2.11 bits per heavy atom. The van der Waals surface area contributed by atoms with Crippen molar-refractivity contribution >= 4 is 12.6 Å². The van der Waals surface area contributed by atoms with Gasteiger partial charge in [-0.25, -0.2) is 0 Å². The van der Waals surface area contributed by atoms with Crippen LogP contribution in [-0.2, 0) is 0 Å². The fourth-order valence-corrected chi connectivity index (χ4v) is 3.11. The van der Waals surface area contributed by atoms with Crippen LogP contribution in [0, 0.1) is 16.7 Å². The quantitative estimate of drug-likeness (QED) is 0.604. The molecule has 3 heteroatoms. The minimum absolute atomic E-state index is 0.326. The average molecular weight is 270 g/mol. The van der Waals surface area contributed by atoms with Crippen molar-refractivity contribution in [3.63, 3.8) is 0 Å². The molecule has 0 aliphatic heterocycles. The number of hydrogen-bond acceptors (Lipinski definition) is 3. The van der Waals surface area contributed by atoms with Crippen LogP contribution in [0.25, 0.3) is 0 Å². The third kappa shape index (κ3) is 6.11. The first-order valence-electron chi connectivity index (χ1n) is 7.27. The van der Waals surface area contributed by atoms with E-state index >= 15 is 0 Å². The molecule has 0 aliphatic rings. The Morgan fingerprint density at radius 2 is 1.78 bits per heavy atom. The second-order valence-corrected chi connectivity index (χ2v) is 5.95. The molecule has 0 aromatic carbocycles. The Morgan fingerprint density at radius 1 is 1.22 bits per heavy atom. The summed E-state index contributed by atoms with van der Waals surface area (Å²) in [4.78, 5) is 2.45. The zero-order valence-corrected chi connectivity index (χ0v) is 13.5. The highest BCUT2D eigenvalue weighted by Crippen LogP contribution is 2.33. The van der Waals surface area contributed by atoms with Gasteiger partial charge in [-0.1, -0.05) is 26.7 Å². The van der Waals surface area contributed by atoms with Gasteiger partial charge in [0.25, 0.3) is 0 Å². The van der Waals surface area contributed by atoms with E-state index in [0.717, 1.165) is 18.8 Å². The summed E-state index contributed by atoms with van der Waals surface area (Å²) in [6.45, 7) is 10.9. The molecule has 0 bridgehead atoms. The molecule has 0 heterocycles. The van der Waals surface area contributed by atoms with Crippen LogP contribution in [0.15, 0.2) is 0 Å². The second kappa shape index (κ2) is 9.69. The number of rotatable bonds is 10. The van der Waals surface area contributed by atoms with Crippen LogP contribution in [0.3, 0.4) is 0 Å². The lowest BCUT2D eigenvalue weighted by Gasteiger charge is -2.39. The molecule has 0 rings (SSSR count). The Kier molecular flexibility index (Phi) is 9.59. The molecule has 0 saturated carbocycles. The van der Waals surface area contributed by atoms with Crippen LogP contribution >= 0.6 is 12.6 Å². The van der Waals surface area contributed by atoms with Gasteiger partial charge in [-0.3, -0.25) is 4.90 Å². The highest BCUT2D eigenvalue weighted by molar-refractivity contribution is 7.80. The molecular weight excluding hydrogens is 240 g/mol. The van der Waals surface area contributed by atoms with Crippen molar-refractivity contribution in [2.24, 2.45) is 5.41 Å². The summed E-state index contributed by atoms with van der Waals surface area (Å²) in [5.74, 6) is 0.949. The molecule has 0 atom stereocenters. The largest absolute Gasteiger partial charge is 0.299 e. The maximum absolute atomic E-state index is 8.77. The van der Waals surface area contributed by atoms with Crippen LogP contribution in [0.4, 0.5) is 0 Å². The highest BCUT2D eigenvalue weighted by atomic mass is 32.1. The molecular formula is C15H30N2S. The monoisotopic (exact) mass is 270 g/mol. The van der Waals surface area contributed by atoms with E-state index in [1.165, 1.54) is 25.7 Å². The molecule has 0 fully saturated rings. The lowest BCUT2D eigenvalue weighted by atomic mass is 9.80. The lowest BCUT2D eigenvalue weighted by Crippen LogP contribution is -2.43. The first kappa shape index (κ1) is 17.8. The molecule has 0 N–H and O–H groups in total. The van der Waals surface area contributed by atoms with Crippen molar-refractivity contribution < 1.29 is 0 Å². The molecule has 0 aromatic heterocycles. The minimum atomic E-state index is 0.326. The average Bonchev–Trinajstić information content (AvgIpc) is 2.34. The van der Waals surface area contributed by atoms with Crippen LogP contribution < -0.4 is 0 Å². The van der Waals surface area contributed by atoms with E-state index in [1.54, 1.807) is 0 Å². The van der Waals surface area contributed by atoms with Crippen molar-refractivity contribution in [1.29, 1.82) is 5.26 Å². The van der Waals surface area contributed by atoms with Gasteiger partial charge in [0, 0.05) is 25.6 Å². The van der Waals surface area contributed by atoms with E-state index in [0.29, 0.717) is 17.9 Å². The normalized spacial score (nSPS) is 12.1. The number of nitriles is 1. The summed E-state index contributed by atoms with van der Waals surface area (Å²) < 4.78 is 0. The van der Waals surface area contributed by atoms with E-state index in [2.05, 4.69) is 51.3 Å². The van der Waals surface area contributed by atoms with E-state index in [9.17, 15) is 0 Å². The third-order valence-electron chi connectivity index (χ3n) is 3.68. The van der Waals surface area contributed by atoms with Crippen molar-refractivity contribution in [3.05, 3.63) is 0 Å². The van der Waals surface area contributed by atoms with Gasteiger partial charge in [0.05, 0.1) is 6.07 Å². The summed E-state index contributed by atoms with van der Waals surface area (Å²) in [5, 5.41) is 8.77. The van der Waals surface area contributed by atoms with E-state index in [1.807, 2.05) is 0 Å². The van der Waals surface area contributed by atoms with Crippen LogP contribution in [-0.4, -0.2) is 29.8 Å². The summed E-state index contributed by atoms with van der Waals surface area (Å²) >= 11 is 4.61. The summed E-state index contributed by atoms with van der Waals surface area (Å²) in [6, 6.07) is 2.77.